The number of ether oxygens (including phenoxy) is 1. The van der Waals surface area contributed by atoms with Gasteiger partial charge in [-0.3, -0.25) is 28.8 Å². The van der Waals surface area contributed by atoms with Crippen molar-refractivity contribution in [2.75, 3.05) is 13.1 Å². The van der Waals surface area contributed by atoms with Crippen molar-refractivity contribution in [3.63, 3.8) is 0 Å². The number of benzene rings is 1. The Balaban J connectivity index is 1.25. The monoisotopic (exact) mass is 697 g/mol. The molecule has 1 aromatic rings. The smallest absolute Gasteiger partial charge is 0.410 e. The molecule has 3 aliphatic heterocycles. The first-order valence-electron chi connectivity index (χ1n) is 17.5. The number of fused-ring (bicyclic) bond motifs is 3. The van der Waals surface area contributed by atoms with E-state index < -0.39 is 68.6 Å². The van der Waals surface area contributed by atoms with Crippen LogP contribution in [0.15, 0.2) is 30.9 Å². The number of aryl methyl sites for hydroxylation is 1. The van der Waals surface area contributed by atoms with Crippen LogP contribution < -0.4 is 15.4 Å². The summed E-state index contributed by atoms with van der Waals surface area (Å²) in [7, 11) is -3.88. The first-order valence-corrected chi connectivity index (χ1v) is 19.0. The molecule has 0 spiro atoms. The summed E-state index contributed by atoms with van der Waals surface area (Å²) in [6.07, 6.45) is 4.61. The highest BCUT2D eigenvalue weighted by atomic mass is 32.2. The predicted molar refractivity (Wildman–Crippen MR) is 179 cm³/mol. The van der Waals surface area contributed by atoms with Crippen molar-refractivity contribution in [3.8, 4) is 0 Å². The summed E-state index contributed by atoms with van der Waals surface area (Å²) >= 11 is 0. The number of carbonyl (C=O) groups excluding carboxylic acids is 5. The topological polar surface area (TPSA) is 171 Å². The van der Waals surface area contributed by atoms with Crippen molar-refractivity contribution < 1.29 is 37.1 Å². The van der Waals surface area contributed by atoms with Gasteiger partial charge in [-0.15, -0.1) is 6.58 Å². The molecule has 3 N–H and O–H groups in total. The van der Waals surface area contributed by atoms with Crippen molar-refractivity contribution in [2.45, 2.75) is 108 Å². The summed E-state index contributed by atoms with van der Waals surface area (Å²) in [5.74, 6) is -3.69. The molecular weight excluding hydrogens is 650 g/mol. The largest absolute Gasteiger partial charge is 0.444 e. The van der Waals surface area contributed by atoms with Crippen LogP contribution in [0, 0.1) is 17.8 Å². The summed E-state index contributed by atoms with van der Waals surface area (Å²) in [5.41, 5.74) is 1.82. The molecule has 49 heavy (non-hydrogen) atoms. The van der Waals surface area contributed by atoms with Gasteiger partial charge in [-0.1, -0.05) is 44.5 Å². The molecule has 266 valence electrons. The summed E-state index contributed by atoms with van der Waals surface area (Å²) in [5, 5.41) is 5.08. The van der Waals surface area contributed by atoms with Crippen molar-refractivity contribution >= 4 is 39.7 Å². The standard InChI is InChI=1S/C35H47N5O8S/c1-4-24-17-35(24,33(44)38-49(46,47)26-12-13-26)37-31(42)29-15-25-19-40(29)32(43)27(21(2)3)16-30(41)36-14-7-5-6-9-22-10-8-11-23-18-39(20-28(22)23)34(45)48-25/h4,8,10-11,21,24-27,29H,1,5-7,9,12-20H2,2-3H3,(H,36,41)(H,37,42)(H,38,44)/t24-,25-,27+,29+,35-/m1/s1. The molecule has 0 radical (unpaired) electrons. The van der Waals surface area contributed by atoms with E-state index in [1.54, 1.807) is 4.90 Å². The van der Waals surface area contributed by atoms with E-state index >= 15 is 0 Å². The molecule has 4 bridgehead atoms. The zero-order valence-electron chi connectivity index (χ0n) is 28.2. The molecule has 2 aliphatic carbocycles. The van der Waals surface area contributed by atoms with E-state index in [1.165, 1.54) is 16.5 Å². The molecule has 3 heterocycles. The van der Waals surface area contributed by atoms with Crippen molar-refractivity contribution in [2.24, 2.45) is 17.8 Å². The Morgan fingerprint density at radius 1 is 1.10 bits per heavy atom. The van der Waals surface area contributed by atoms with Crippen LogP contribution in [0.4, 0.5) is 4.79 Å². The van der Waals surface area contributed by atoms with Crippen LogP contribution in [0.5, 0.6) is 0 Å². The highest BCUT2D eigenvalue weighted by Gasteiger charge is 2.62. The van der Waals surface area contributed by atoms with Gasteiger partial charge in [0.05, 0.1) is 11.8 Å². The lowest BCUT2D eigenvalue weighted by Gasteiger charge is -2.30. The minimum Gasteiger partial charge on any atom is -0.444 e. The van der Waals surface area contributed by atoms with Gasteiger partial charge >= 0.3 is 6.09 Å². The van der Waals surface area contributed by atoms with Gasteiger partial charge in [0.1, 0.15) is 17.7 Å². The van der Waals surface area contributed by atoms with E-state index in [1.807, 2.05) is 26.0 Å². The van der Waals surface area contributed by atoms with Gasteiger partial charge in [0, 0.05) is 44.3 Å². The molecule has 5 aliphatic rings. The molecule has 5 amide bonds. The summed E-state index contributed by atoms with van der Waals surface area (Å²) in [6, 6.07) is 4.96. The third kappa shape index (κ3) is 7.34. The van der Waals surface area contributed by atoms with E-state index in [0.29, 0.717) is 32.5 Å². The zero-order chi connectivity index (χ0) is 35.1. The maximum atomic E-state index is 14.2. The fraction of sp³-hybridized carbons (Fsp3) is 0.629. The van der Waals surface area contributed by atoms with Crippen molar-refractivity contribution in [1.82, 2.24) is 25.2 Å². The molecule has 0 aromatic heterocycles. The third-order valence-electron chi connectivity index (χ3n) is 10.7. The second kappa shape index (κ2) is 13.8. The van der Waals surface area contributed by atoms with Crippen LogP contribution in [0.2, 0.25) is 0 Å². The van der Waals surface area contributed by atoms with E-state index in [9.17, 15) is 32.4 Å². The van der Waals surface area contributed by atoms with Gasteiger partial charge in [-0.05, 0) is 61.1 Å². The molecule has 14 heteroatoms. The van der Waals surface area contributed by atoms with E-state index in [4.69, 9.17) is 4.74 Å². The van der Waals surface area contributed by atoms with Gasteiger partial charge in [-0.25, -0.2) is 13.2 Å². The Kier molecular flexibility index (Phi) is 9.80. The minimum absolute atomic E-state index is 0.0246. The number of hydrogen-bond donors (Lipinski definition) is 3. The van der Waals surface area contributed by atoms with E-state index in [0.717, 1.165) is 36.8 Å². The second-order valence-electron chi connectivity index (χ2n) is 14.6. The number of hydrogen-bond acceptors (Lipinski definition) is 8. The lowest BCUT2D eigenvalue weighted by Crippen LogP contribution is -2.57. The highest BCUT2D eigenvalue weighted by Crippen LogP contribution is 2.45. The Hall–Kier alpha value is -3.94. The molecule has 5 atom stereocenters. The molecule has 0 unspecified atom stereocenters. The fourth-order valence-electron chi connectivity index (χ4n) is 7.40. The maximum Gasteiger partial charge on any atom is 0.410 e. The van der Waals surface area contributed by atoms with Gasteiger partial charge < -0.3 is 20.3 Å². The van der Waals surface area contributed by atoms with Crippen LogP contribution in [0.25, 0.3) is 0 Å². The molecule has 13 nitrogen and oxygen atoms in total. The van der Waals surface area contributed by atoms with Gasteiger partial charge in [0.2, 0.25) is 27.7 Å². The van der Waals surface area contributed by atoms with Crippen molar-refractivity contribution in [3.05, 3.63) is 47.5 Å². The SMILES string of the molecule is C=C[C@@H]1C[C@]1(NC(=O)[C@@H]1C[C@@H]2CN1C(=O)[C@H](C(C)C)CC(=O)NCCCCCc1cccc3c1CN(C3)C(=O)O2)C(=O)NS(=O)(=O)C1CC1. The van der Waals surface area contributed by atoms with Crippen LogP contribution >= 0.6 is 0 Å². The van der Waals surface area contributed by atoms with Gasteiger partial charge in [0.15, 0.2) is 0 Å². The molecule has 6 rings (SSSR count). The Bertz CT molecular complexity index is 1640. The lowest BCUT2D eigenvalue weighted by atomic mass is 9.90. The average Bonchev–Trinajstić information content (AvgIpc) is 3.95. The summed E-state index contributed by atoms with van der Waals surface area (Å²) < 4.78 is 33.3. The van der Waals surface area contributed by atoms with Gasteiger partial charge in [0.25, 0.3) is 5.91 Å². The molecule has 1 aromatic carbocycles. The van der Waals surface area contributed by atoms with E-state index in [-0.39, 0.29) is 37.6 Å². The number of nitrogens with one attached hydrogen (secondary N) is 3. The Morgan fingerprint density at radius 3 is 2.55 bits per heavy atom. The molecule has 1 saturated heterocycles. The van der Waals surface area contributed by atoms with E-state index in [2.05, 4.69) is 28.0 Å². The fourth-order valence-corrected chi connectivity index (χ4v) is 8.77. The summed E-state index contributed by atoms with van der Waals surface area (Å²) in [6.45, 7) is 8.65. The lowest BCUT2D eigenvalue weighted by molar-refractivity contribution is -0.145. The van der Waals surface area contributed by atoms with Crippen LogP contribution in [0.1, 0.15) is 81.9 Å². The summed E-state index contributed by atoms with van der Waals surface area (Å²) in [4.78, 5) is 71.1. The number of amides is 5. The first kappa shape index (κ1) is 34.9. The Labute approximate surface area is 287 Å². The van der Waals surface area contributed by atoms with Crippen LogP contribution in [-0.2, 0) is 53.4 Å². The Morgan fingerprint density at radius 2 is 1.86 bits per heavy atom. The second-order valence-corrected chi connectivity index (χ2v) is 16.5. The average molecular weight is 698 g/mol. The highest BCUT2D eigenvalue weighted by molar-refractivity contribution is 7.91. The number of sulfonamides is 1. The maximum absolute atomic E-state index is 14.2. The zero-order valence-corrected chi connectivity index (χ0v) is 29.1. The van der Waals surface area contributed by atoms with Crippen LogP contribution in [0.3, 0.4) is 0 Å². The number of rotatable bonds is 7. The molecular formula is C35H47N5O8S. The van der Waals surface area contributed by atoms with Gasteiger partial charge in [-0.2, -0.15) is 0 Å². The third-order valence-corrected chi connectivity index (χ3v) is 12.5. The minimum atomic E-state index is -3.88. The normalized spacial score (nSPS) is 29.3. The van der Waals surface area contributed by atoms with Crippen molar-refractivity contribution in [1.29, 1.82) is 0 Å². The number of carbonyl (C=O) groups is 5. The predicted octanol–water partition coefficient (Wildman–Crippen LogP) is 2.28. The first-order chi connectivity index (χ1) is 23.3. The molecule has 2 saturated carbocycles. The van der Waals surface area contributed by atoms with Crippen LogP contribution in [-0.4, -0.2) is 84.0 Å². The number of nitrogens with zero attached hydrogens (tertiary/aromatic N) is 2. The quantitative estimate of drug-likeness (QED) is 0.365. The molecule has 3 fully saturated rings.